The predicted octanol–water partition coefficient (Wildman–Crippen LogP) is 3.95. The molecule has 0 aliphatic carbocycles. The summed E-state index contributed by atoms with van der Waals surface area (Å²) in [7, 11) is -3.69. The van der Waals surface area contributed by atoms with Crippen LogP contribution in [0.3, 0.4) is 0 Å². The van der Waals surface area contributed by atoms with Crippen molar-refractivity contribution < 1.29 is 17.6 Å². The number of piperidine rings is 1. The van der Waals surface area contributed by atoms with Crippen LogP contribution in [0.5, 0.6) is 0 Å². The summed E-state index contributed by atoms with van der Waals surface area (Å²) < 4.78 is 41.4. The Morgan fingerprint density at radius 2 is 1.93 bits per heavy atom. The number of anilines is 1. The Morgan fingerprint density at radius 3 is 2.63 bits per heavy atom. The van der Waals surface area contributed by atoms with E-state index >= 15 is 0 Å². The van der Waals surface area contributed by atoms with E-state index in [2.05, 4.69) is 5.32 Å². The minimum Gasteiger partial charge on any atom is -0.319 e. The molecule has 0 aromatic heterocycles. The third kappa shape index (κ3) is 4.04. The van der Waals surface area contributed by atoms with Crippen LogP contribution in [0.2, 0.25) is 0 Å². The average Bonchev–Trinajstić information content (AvgIpc) is 2.64. The molecule has 2 aromatic carbocycles. The third-order valence-electron chi connectivity index (χ3n) is 4.92. The molecule has 5 nitrogen and oxygen atoms in total. The third-order valence-corrected chi connectivity index (χ3v) is 6.93. The highest BCUT2D eigenvalue weighted by Gasteiger charge is 2.31. The molecule has 3 rings (SSSR count). The molecule has 7 heteroatoms. The zero-order valence-corrected chi connectivity index (χ0v) is 16.2. The van der Waals surface area contributed by atoms with Gasteiger partial charge in [-0.15, -0.1) is 0 Å². The Labute approximate surface area is 159 Å². The van der Waals surface area contributed by atoms with Crippen LogP contribution >= 0.6 is 0 Å². The molecule has 1 atom stereocenters. The number of sulfonamides is 1. The van der Waals surface area contributed by atoms with Crippen molar-refractivity contribution in [3.8, 4) is 0 Å². The minimum atomic E-state index is -3.69. The second-order valence-electron chi connectivity index (χ2n) is 6.87. The fraction of sp³-hybridized carbons (Fsp3) is 0.350. The highest BCUT2D eigenvalue weighted by molar-refractivity contribution is 7.89. The van der Waals surface area contributed by atoms with Gasteiger partial charge in [-0.05, 0) is 56.5 Å². The zero-order chi connectivity index (χ0) is 19.6. The van der Waals surface area contributed by atoms with Crippen LogP contribution in [0.15, 0.2) is 47.4 Å². The van der Waals surface area contributed by atoms with Crippen molar-refractivity contribution in [2.75, 3.05) is 11.9 Å². The second-order valence-corrected chi connectivity index (χ2v) is 8.76. The molecule has 27 heavy (non-hydrogen) atoms. The maximum Gasteiger partial charge on any atom is 0.256 e. The summed E-state index contributed by atoms with van der Waals surface area (Å²) in [6.45, 7) is 4.10. The highest BCUT2D eigenvalue weighted by atomic mass is 32.2. The summed E-state index contributed by atoms with van der Waals surface area (Å²) in [5, 5.41) is 2.51. The van der Waals surface area contributed by atoms with E-state index in [0.717, 1.165) is 19.3 Å². The summed E-state index contributed by atoms with van der Waals surface area (Å²) in [5.41, 5.74) is 0.887. The van der Waals surface area contributed by atoms with Crippen LogP contribution in [0.25, 0.3) is 0 Å². The number of carbonyl (C=O) groups excluding carboxylic acids is 1. The van der Waals surface area contributed by atoms with E-state index in [1.54, 1.807) is 19.1 Å². The Morgan fingerprint density at radius 1 is 1.19 bits per heavy atom. The summed E-state index contributed by atoms with van der Waals surface area (Å²) >= 11 is 0. The van der Waals surface area contributed by atoms with Gasteiger partial charge < -0.3 is 5.32 Å². The second kappa shape index (κ2) is 7.78. The van der Waals surface area contributed by atoms with Crippen LogP contribution < -0.4 is 5.32 Å². The molecule has 1 aliphatic heterocycles. The first-order chi connectivity index (χ1) is 12.8. The molecule has 1 aliphatic rings. The Balaban J connectivity index is 1.92. The molecule has 1 saturated heterocycles. The molecule has 0 bridgehead atoms. The van der Waals surface area contributed by atoms with E-state index in [-0.39, 0.29) is 22.2 Å². The number of hydrogen-bond donors (Lipinski definition) is 1. The number of halogens is 1. The SMILES string of the molecule is Cc1ccc(S(=O)(=O)N2CCCCC2C)cc1C(=O)Nc1ccccc1F. The molecule has 0 saturated carbocycles. The van der Waals surface area contributed by atoms with Gasteiger partial charge in [0.2, 0.25) is 10.0 Å². The van der Waals surface area contributed by atoms with Gasteiger partial charge in [-0.3, -0.25) is 4.79 Å². The molecule has 1 N–H and O–H groups in total. The number of para-hydroxylation sites is 1. The first kappa shape index (κ1) is 19.5. The zero-order valence-electron chi connectivity index (χ0n) is 15.4. The van der Waals surface area contributed by atoms with Gasteiger partial charge in [0.25, 0.3) is 5.91 Å². The van der Waals surface area contributed by atoms with E-state index < -0.39 is 21.7 Å². The smallest absolute Gasteiger partial charge is 0.256 e. The van der Waals surface area contributed by atoms with Crippen LogP contribution in [-0.2, 0) is 10.0 Å². The van der Waals surface area contributed by atoms with E-state index in [9.17, 15) is 17.6 Å². The standard InChI is InChI=1S/C20H23FN2O3S/c1-14-10-11-16(27(25,26)23-12-6-5-7-15(23)2)13-17(14)20(24)22-19-9-4-3-8-18(19)21/h3-4,8-11,13,15H,5-7,12H2,1-2H3,(H,22,24). The maximum absolute atomic E-state index is 13.8. The number of aryl methyl sites for hydroxylation is 1. The summed E-state index contributed by atoms with van der Waals surface area (Å²) in [4.78, 5) is 12.7. The minimum absolute atomic E-state index is 0.0554. The van der Waals surface area contributed by atoms with E-state index in [4.69, 9.17) is 0 Å². The summed E-state index contributed by atoms with van der Waals surface area (Å²) in [5.74, 6) is -1.09. The molecule has 0 radical (unpaired) electrons. The lowest BCUT2D eigenvalue weighted by molar-refractivity contribution is 0.102. The van der Waals surface area contributed by atoms with Crippen LogP contribution in [0, 0.1) is 12.7 Å². The molecule has 0 spiro atoms. The van der Waals surface area contributed by atoms with Gasteiger partial charge in [0.1, 0.15) is 5.82 Å². The van der Waals surface area contributed by atoms with Crippen molar-refractivity contribution in [2.45, 2.75) is 44.0 Å². The van der Waals surface area contributed by atoms with Crippen molar-refractivity contribution in [1.29, 1.82) is 0 Å². The van der Waals surface area contributed by atoms with Crippen LogP contribution in [0.1, 0.15) is 42.1 Å². The van der Waals surface area contributed by atoms with Crippen LogP contribution in [0.4, 0.5) is 10.1 Å². The number of rotatable bonds is 4. The van der Waals surface area contributed by atoms with Crippen molar-refractivity contribution in [3.05, 3.63) is 59.4 Å². The summed E-state index contributed by atoms with van der Waals surface area (Å²) in [6.07, 6.45) is 2.67. The van der Waals surface area contributed by atoms with Crippen molar-refractivity contribution >= 4 is 21.6 Å². The van der Waals surface area contributed by atoms with Gasteiger partial charge in [-0.1, -0.05) is 24.6 Å². The number of carbonyl (C=O) groups is 1. The lowest BCUT2D eigenvalue weighted by Crippen LogP contribution is -2.42. The molecule has 2 aromatic rings. The van der Waals surface area contributed by atoms with Gasteiger partial charge in [-0.25, -0.2) is 12.8 Å². The number of benzene rings is 2. The summed E-state index contributed by atoms with van der Waals surface area (Å²) in [6, 6.07) is 10.3. The highest BCUT2D eigenvalue weighted by Crippen LogP contribution is 2.27. The lowest BCUT2D eigenvalue weighted by atomic mass is 10.1. The van der Waals surface area contributed by atoms with Gasteiger partial charge in [0.05, 0.1) is 10.6 Å². The van der Waals surface area contributed by atoms with Crippen molar-refractivity contribution in [1.82, 2.24) is 4.31 Å². The van der Waals surface area contributed by atoms with E-state index in [0.29, 0.717) is 12.1 Å². The first-order valence-electron chi connectivity index (χ1n) is 8.99. The van der Waals surface area contributed by atoms with E-state index in [1.807, 2.05) is 6.92 Å². The molecule has 1 unspecified atom stereocenters. The first-order valence-corrected chi connectivity index (χ1v) is 10.4. The fourth-order valence-electron chi connectivity index (χ4n) is 3.32. The average molecular weight is 390 g/mol. The van der Waals surface area contributed by atoms with E-state index in [1.165, 1.54) is 34.6 Å². The molecule has 1 heterocycles. The van der Waals surface area contributed by atoms with Gasteiger partial charge in [0, 0.05) is 18.2 Å². The number of amides is 1. The Hall–Kier alpha value is -2.25. The molecule has 1 amide bonds. The largest absolute Gasteiger partial charge is 0.319 e. The Kier molecular flexibility index (Phi) is 5.62. The van der Waals surface area contributed by atoms with Crippen molar-refractivity contribution in [2.24, 2.45) is 0 Å². The number of nitrogens with zero attached hydrogens (tertiary/aromatic N) is 1. The number of nitrogens with one attached hydrogen (secondary N) is 1. The van der Waals surface area contributed by atoms with Gasteiger partial charge in [-0.2, -0.15) is 4.31 Å². The fourth-order valence-corrected chi connectivity index (χ4v) is 5.05. The molecule has 1 fully saturated rings. The van der Waals surface area contributed by atoms with Crippen molar-refractivity contribution in [3.63, 3.8) is 0 Å². The van der Waals surface area contributed by atoms with Gasteiger partial charge >= 0.3 is 0 Å². The Bertz CT molecular complexity index is 959. The lowest BCUT2D eigenvalue weighted by Gasteiger charge is -2.32. The topological polar surface area (TPSA) is 66.5 Å². The molecular weight excluding hydrogens is 367 g/mol. The monoisotopic (exact) mass is 390 g/mol. The predicted molar refractivity (Wildman–Crippen MR) is 103 cm³/mol. The molecule has 144 valence electrons. The normalized spacial score (nSPS) is 18.3. The van der Waals surface area contributed by atoms with Gasteiger partial charge in [0.15, 0.2) is 0 Å². The maximum atomic E-state index is 13.8. The quantitative estimate of drug-likeness (QED) is 0.860. The van der Waals surface area contributed by atoms with Crippen LogP contribution in [-0.4, -0.2) is 31.2 Å². The number of hydrogen-bond acceptors (Lipinski definition) is 3. The molecular formula is C20H23FN2O3S.